The van der Waals surface area contributed by atoms with Gasteiger partial charge in [0.25, 0.3) is 0 Å². The number of hydrogen-bond donors (Lipinski definition) is 0. The second kappa shape index (κ2) is 18.8. The minimum atomic E-state index is 0. The third-order valence-corrected chi connectivity index (χ3v) is 0. The van der Waals surface area contributed by atoms with E-state index in [2.05, 4.69) is 8.91 Å². The van der Waals surface area contributed by atoms with Crippen LogP contribution in [0, 0.1) is 0 Å². The number of rotatable bonds is 0. The molecule has 0 bridgehead atoms. The van der Waals surface area contributed by atoms with E-state index in [1.807, 2.05) is 0 Å². The molecule has 0 heterocycles. The molecule has 0 radical (unpaired) electrons. The van der Waals surface area contributed by atoms with Crippen molar-refractivity contribution >= 4 is 30.4 Å². The average Bonchev–Trinajstić information content (AvgIpc) is 1.00. The molecule has 4 heavy (non-hydrogen) atoms. The molecule has 0 saturated carbocycles. The molecule has 0 aromatic carbocycles. The summed E-state index contributed by atoms with van der Waals surface area (Å²) in [7, 11) is 4.61. The van der Waals surface area contributed by atoms with Crippen LogP contribution in [0.5, 0.6) is 0 Å². The molecule has 0 nitrogen and oxygen atoms in total. The van der Waals surface area contributed by atoms with Gasteiger partial charge in [-0.3, -0.25) is 0 Å². The van der Waals surface area contributed by atoms with Crippen LogP contribution >= 0.6 is 30.4 Å². The summed E-state index contributed by atoms with van der Waals surface area (Å²) in [6.07, 6.45) is 0. The van der Waals surface area contributed by atoms with Gasteiger partial charge in [0.2, 0.25) is 0 Å². The molecule has 0 amide bonds. The Balaban J connectivity index is -0.00000000500. The predicted molar refractivity (Wildman–Crippen MR) is 19.9 cm³/mol. The quantitative estimate of drug-likeness (QED) is 0.372. The molecule has 0 aromatic rings. The summed E-state index contributed by atoms with van der Waals surface area (Å²) in [5.41, 5.74) is 0. The SMILES string of the molecule is ClI.[Ag+].[Br-]. The first-order valence-corrected chi connectivity index (χ1v) is 2.87. The van der Waals surface area contributed by atoms with E-state index in [1.54, 1.807) is 21.5 Å². The molecule has 0 aromatic heterocycles. The Labute approximate surface area is 68.8 Å². The second-order valence-electron chi connectivity index (χ2n) is 0. The summed E-state index contributed by atoms with van der Waals surface area (Å²) in [6, 6.07) is 0. The van der Waals surface area contributed by atoms with Crippen LogP contribution in [0.3, 0.4) is 0 Å². The summed E-state index contributed by atoms with van der Waals surface area (Å²) >= 11 is 1.62. The summed E-state index contributed by atoms with van der Waals surface area (Å²) < 4.78 is 0. The molecule has 0 N–H and O–H groups in total. The molecule has 0 spiro atoms. The second-order valence-corrected chi connectivity index (χ2v) is 0. The number of halogens is 3. The van der Waals surface area contributed by atoms with E-state index in [-0.39, 0.29) is 39.4 Å². The van der Waals surface area contributed by atoms with Gasteiger partial charge < -0.3 is 17.0 Å². The topological polar surface area (TPSA) is 0 Å². The Hall–Kier alpha value is 2.24. The van der Waals surface area contributed by atoms with Gasteiger partial charge in [0, 0.05) is 21.5 Å². The van der Waals surface area contributed by atoms with Crippen molar-refractivity contribution < 1.29 is 39.4 Å². The van der Waals surface area contributed by atoms with Crippen molar-refractivity contribution in [2.24, 2.45) is 0 Å². The molecule has 0 fully saturated rings. The van der Waals surface area contributed by atoms with E-state index in [9.17, 15) is 0 Å². The largest absolute Gasteiger partial charge is 1.00 e. The van der Waals surface area contributed by atoms with Gasteiger partial charge in [-0.1, -0.05) is 0 Å². The van der Waals surface area contributed by atoms with Crippen LogP contribution in [0.15, 0.2) is 0 Å². The first-order chi connectivity index (χ1) is 1.00. The standard InChI is InChI=1S/Ag.BrH.ClI/c;;1-2/h;1H;/q+1;;/p-1. The van der Waals surface area contributed by atoms with E-state index < -0.39 is 0 Å². The minimum absolute atomic E-state index is 0. The van der Waals surface area contributed by atoms with Gasteiger partial charge in [-0.15, -0.1) is 0 Å². The molecular weight excluding hydrogens is 350 g/mol. The smallest absolute Gasteiger partial charge is 1.00 e. The van der Waals surface area contributed by atoms with Gasteiger partial charge in [0.15, 0.2) is 0 Å². The van der Waals surface area contributed by atoms with Gasteiger partial charge in [0.1, 0.15) is 0 Å². The Bertz CT molecular complexity index is 8.00. The van der Waals surface area contributed by atoms with Gasteiger partial charge in [-0.2, -0.15) is 0 Å². The molecule has 0 saturated heterocycles. The van der Waals surface area contributed by atoms with E-state index in [1.165, 1.54) is 0 Å². The molecule has 0 rings (SSSR count). The third-order valence-electron chi connectivity index (χ3n) is 0. The van der Waals surface area contributed by atoms with Gasteiger partial charge in [-0.05, 0) is 8.91 Å². The first-order valence-electron chi connectivity index (χ1n) is 0.143. The molecule has 0 aliphatic heterocycles. The van der Waals surface area contributed by atoms with Gasteiger partial charge in [-0.25, -0.2) is 0 Å². The van der Waals surface area contributed by atoms with Crippen LogP contribution in [0.1, 0.15) is 0 Å². The Morgan fingerprint density at radius 3 is 1.25 bits per heavy atom. The van der Waals surface area contributed by atoms with Gasteiger partial charge >= 0.3 is 22.4 Å². The van der Waals surface area contributed by atoms with Crippen molar-refractivity contribution in [2.75, 3.05) is 0 Å². The summed E-state index contributed by atoms with van der Waals surface area (Å²) in [6.45, 7) is 0. The third kappa shape index (κ3) is 8.87. The maximum absolute atomic E-state index is 4.61. The molecule has 32 valence electrons. The maximum Gasteiger partial charge on any atom is 1.00 e. The van der Waals surface area contributed by atoms with Crippen molar-refractivity contribution in [2.45, 2.75) is 0 Å². The van der Waals surface area contributed by atoms with Crippen LogP contribution in [0.25, 0.3) is 0 Å². The zero-order valence-electron chi connectivity index (χ0n) is 1.44. The van der Waals surface area contributed by atoms with Crippen LogP contribution in [0.4, 0.5) is 0 Å². The van der Waals surface area contributed by atoms with E-state index in [0.29, 0.717) is 0 Å². The molecule has 0 aliphatic carbocycles. The maximum atomic E-state index is 4.61. The number of hydrogen-bond acceptors (Lipinski definition) is 0. The predicted octanol–water partition coefficient (Wildman–Crippen LogP) is -1.42. The van der Waals surface area contributed by atoms with E-state index in [4.69, 9.17) is 0 Å². The van der Waals surface area contributed by atoms with Crippen LogP contribution in [-0.4, -0.2) is 0 Å². The minimum Gasteiger partial charge on any atom is -1.00 e. The fraction of sp³-hybridized carbons (Fsp3) is 0. The van der Waals surface area contributed by atoms with Crippen molar-refractivity contribution in [3.8, 4) is 0 Å². The van der Waals surface area contributed by atoms with Crippen LogP contribution < -0.4 is 17.0 Å². The summed E-state index contributed by atoms with van der Waals surface area (Å²) in [4.78, 5) is 0. The monoisotopic (exact) mass is 348 g/mol. The van der Waals surface area contributed by atoms with E-state index in [0.717, 1.165) is 0 Å². The fourth-order valence-electron chi connectivity index (χ4n) is 0. The van der Waals surface area contributed by atoms with Crippen molar-refractivity contribution in [1.82, 2.24) is 0 Å². The van der Waals surface area contributed by atoms with Crippen molar-refractivity contribution in [3.05, 3.63) is 0 Å². The average molecular weight is 350 g/mol. The fourth-order valence-corrected chi connectivity index (χ4v) is 0. The summed E-state index contributed by atoms with van der Waals surface area (Å²) in [5, 5.41) is 0. The molecular formula is AgBrClI. The van der Waals surface area contributed by atoms with Crippen molar-refractivity contribution in [1.29, 1.82) is 0 Å². The molecule has 0 atom stereocenters. The Kier molecular flexibility index (Phi) is 76.6. The molecule has 0 aliphatic rings. The van der Waals surface area contributed by atoms with E-state index >= 15 is 0 Å². The normalized spacial score (nSPS) is 1.50. The van der Waals surface area contributed by atoms with Crippen LogP contribution in [0.2, 0.25) is 0 Å². The molecule has 0 unspecified atom stereocenters. The molecule has 4 heteroatoms. The first kappa shape index (κ1) is 16.3. The van der Waals surface area contributed by atoms with Crippen LogP contribution in [-0.2, 0) is 22.4 Å². The Morgan fingerprint density at radius 2 is 1.25 bits per heavy atom. The zero-order chi connectivity index (χ0) is 2.00. The zero-order valence-corrected chi connectivity index (χ0v) is 7.42. The van der Waals surface area contributed by atoms with Crippen molar-refractivity contribution in [3.63, 3.8) is 0 Å². The Morgan fingerprint density at radius 1 is 1.25 bits per heavy atom. The summed E-state index contributed by atoms with van der Waals surface area (Å²) in [5.74, 6) is 0. The van der Waals surface area contributed by atoms with Gasteiger partial charge in [0.05, 0.1) is 0 Å².